The zero-order chi connectivity index (χ0) is 9.94. The van der Waals surface area contributed by atoms with Crippen molar-refractivity contribution in [1.82, 2.24) is 10.2 Å². The molecule has 0 saturated carbocycles. The summed E-state index contributed by atoms with van der Waals surface area (Å²) in [7, 11) is 4.05. The molecule has 0 atom stereocenters. The molecule has 0 unspecified atom stereocenters. The van der Waals surface area contributed by atoms with Crippen LogP contribution in [-0.2, 0) is 9.63 Å². The average Bonchev–Trinajstić information content (AvgIpc) is 1.85. The maximum atomic E-state index is 11.6. The molecular weight excluding hydrogens is 177 g/mol. The van der Waals surface area contributed by atoms with E-state index in [0.717, 1.165) is 0 Å². The lowest BCUT2D eigenvalue weighted by Gasteiger charge is -2.22. The Morgan fingerprint density at radius 1 is 1.25 bits per heavy atom. The van der Waals surface area contributed by atoms with Crippen LogP contribution >= 0.6 is 0 Å². The first kappa shape index (κ1) is 11.2. The lowest BCUT2D eigenvalue weighted by Crippen LogP contribution is -2.39. The van der Waals surface area contributed by atoms with Gasteiger partial charge in [-0.05, 0) is 0 Å². The van der Waals surface area contributed by atoms with Crippen LogP contribution in [0.5, 0.6) is 0 Å². The minimum Gasteiger partial charge on any atom is -0.345 e. The van der Waals surface area contributed by atoms with E-state index in [0.29, 0.717) is 5.17 Å². The first-order valence-corrected chi connectivity index (χ1v) is 2.95. The monoisotopic (exact) mass is 186 g/mol. The van der Waals surface area contributed by atoms with Crippen LogP contribution in [0.1, 0.15) is 0 Å². The van der Waals surface area contributed by atoms with Crippen LogP contribution in [0.4, 0.5) is 13.2 Å². The minimum absolute atomic E-state index is 0.676. The van der Waals surface area contributed by atoms with Crippen molar-refractivity contribution < 1.29 is 22.8 Å². The van der Waals surface area contributed by atoms with Crippen molar-refractivity contribution in [2.45, 2.75) is 6.18 Å². The Hall–Kier alpha value is -0.820. The number of carbonyl (C=O) groups excluding carboxylic acids is 1. The Labute approximate surface area is 67.4 Å². The van der Waals surface area contributed by atoms with Crippen LogP contribution in [0.3, 0.4) is 0 Å². The molecule has 0 rings (SSSR count). The summed E-state index contributed by atoms with van der Waals surface area (Å²) < 4.78 is 34.7. The quantitative estimate of drug-likeness (QED) is 0.585. The molecule has 0 radical (unpaired) electrons. The van der Waals surface area contributed by atoms with Gasteiger partial charge in [0.2, 0.25) is 0 Å². The van der Waals surface area contributed by atoms with Crippen LogP contribution in [0, 0.1) is 0 Å². The summed E-state index contributed by atoms with van der Waals surface area (Å²) in [6.07, 6.45) is -4.95. The van der Waals surface area contributed by atoms with E-state index in [4.69, 9.17) is 0 Å². The normalized spacial score (nSPS) is 12.3. The first-order valence-electron chi connectivity index (χ1n) is 2.95. The van der Waals surface area contributed by atoms with Crippen molar-refractivity contribution in [2.75, 3.05) is 21.1 Å². The molecule has 0 aromatic carbocycles. The van der Waals surface area contributed by atoms with E-state index in [2.05, 4.69) is 4.84 Å². The van der Waals surface area contributed by atoms with Gasteiger partial charge in [0, 0.05) is 21.1 Å². The molecule has 0 aromatic rings. The van der Waals surface area contributed by atoms with Crippen molar-refractivity contribution in [3.05, 3.63) is 0 Å². The van der Waals surface area contributed by atoms with Gasteiger partial charge < -0.3 is 4.84 Å². The molecule has 4 nitrogen and oxygen atoms in total. The van der Waals surface area contributed by atoms with Crippen LogP contribution < -0.4 is 0 Å². The summed E-state index contributed by atoms with van der Waals surface area (Å²) in [4.78, 5) is 14.0. The molecule has 72 valence electrons. The van der Waals surface area contributed by atoms with E-state index in [9.17, 15) is 18.0 Å². The molecule has 12 heavy (non-hydrogen) atoms. The van der Waals surface area contributed by atoms with Gasteiger partial charge in [-0.2, -0.15) is 13.2 Å². The number of carbonyl (C=O) groups is 1. The molecule has 0 fully saturated rings. The highest BCUT2D eigenvalue weighted by molar-refractivity contribution is 5.75. The molecule has 0 aliphatic carbocycles. The SMILES string of the molecule is CN(C)N(C)OC(=O)C(F)(F)F. The lowest BCUT2D eigenvalue weighted by molar-refractivity contribution is -0.273. The number of hydrogen-bond acceptors (Lipinski definition) is 4. The molecule has 0 N–H and O–H groups in total. The number of alkyl halides is 3. The van der Waals surface area contributed by atoms with E-state index in [-0.39, 0.29) is 0 Å². The van der Waals surface area contributed by atoms with E-state index in [1.807, 2.05) is 0 Å². The van der Waals surface area contributed by atoms with Crippen LogP contribution in [-0.4, -0.2) is 43.5 Å². The third-order valence-electron chi connectivity index (χ3n) is 1.01. The van der Waals surface area contributed by atoms with Crippen molar-refractivity contribution >= 4 is 5.97 Å². The second kappa shape index (κ2) is 3.72. The van der Waals surface area contributed by atoms with Gasteiger partial charge in [-0.25, -0.2) is 9.80 Å². The third-order valence-corrected chi connectivity index (χ3v) is 1.01. The van der Waals surface area contributed by atoms with Gasteiger partial charge in [-0.1, -0.05) is 5.17 Å². The molecule has 0 heterocycles. The summed E-state index contributed by atoms with van der Waals surface area (Å²) in [6, 6.07) is 0. The third kappa shape index (κ3) is 3.54. The van der Waals surface area contributed by atoms with Crippen molar-refractivity contribution in [3.63, 3.8) is 0 Å². The van der Waals surface area contributed by atoms with Crippen molar-refractivity contribution in [3.8, 4) is 0 Å². The topological polar surface area (TPSA) is 32.8 Å². The van der Waals surface area contributed by atoms with Crippen molar-refractivity contribution in [2.24, 2.45) is 0 Å². The Morgan fingerprint density at radius 2 is 1.67 bits per heavy atom. The van der Waals surface area contributed by atoms with Crippen LogP contribution in [0.2, 0.25) is 0 Å². The molecule has 0 aliphatic rings. The molecule has 0 spiro atoms. The molecule has 0 aromatic heterocycles. The molecule has 0 bridgehead atoms. The number of hydrogen-bond donors (Lipinski definition) is 0. The van der Waals surface area contributed by atoms with Crippen molar-refractivity contribution in [1.29, 1.82) is 0 Å². The number of halogens is 3. The predicted molar refractivity (Wildman–Crippen MR) is 33.6 cm³/mol. The molecule has 0 aliphatic heterocycles. The number of nitrogens with zero attached hydrogens (tertiary/aromatic N) is 2. The van der Waals surface area contributed by atoms with Gasteiger partial charge in [0.1, 0.15) is 0 Å². The lowest BCUT2D eigenvalue weighted by atomic mass is 10.7. The summed E-state index contributed by atoms with van der Waals surface area (Å²) in [5, 5.41) is 1.86. The second-order valence-corrected chi connectivity index (χ2v) is 2.19. The number of rotatable bonds is 2. The predicted octanol–water partition coefficient (Wildman–Crippen LogP) is 0.415. The fourth-order valence-corrected chi connectivity index (χ4v) is 0.253. The first-order chi connectivity index (χ1) is 5.25. The highest BCUT2D eigenvalue weighted by atomic mass is 19.4. The number of hydrazine groups is 1. The zero-order valence-electron chi connectivity index (χ0n) is 6.84. The van der Waals surface area contributed by atoms with E-state index < -0.39 is 12.1 Å². The highest BCUT2D eigenvalue weighted by Crippen LogP contribution is 2.16. The van der Waals surface area contributed by atoms with E-state index in [1.165, 1.54) is 26.2 Å². The Morgan fingerprint density at radius 3 is 1.92 bits per heavy atom. The average molecular weight is 186 g/mol. The molecule has 0 amide bonds. The maximum absolute atomic E-state index is 11.6. The fourth-order valence-electron chi connectivity index (χ4n) is 0.253. The highest BCUT2D eigenvalue weighted by Gasteiger charge is 2.42. The zero-order valence-corrected chi connectivity index (χ0v) is 6.84. The van der Waals surface area contributed by atoms with E-state index >= 15 is 0 Å². The van der Waals surface area contributed by atoms with Gasteiger partial charge in [0.25, 0.3) is 0 Å². The summed E-state index contributed by atoms with van der Waals surface area (Å²) in [5.41, 5.74) is 0. The Kier molecular flexibility index (Phi) is 3.47. The van der Waals surface area contributed by atoms with Gasteiger partial charge in [-0.15, -0.1) is 0 Å². The smallest absolute Gasteiger partial charge is 0.345 e. The van der Waals surface area contributed by atoms with Gasteiger partial charge in [-0.3, -0.25) is 0 Å². The van der Waals surface area contributed by atoms with Gasteiger partial charge in [0.15, 0.2) is 0 Å². The second-order valence-electron chi connectivity index (χ2n) is 2.19. The Bertz CT molecular complexity index is 169. The van der Waals surface area contributed by atoms with E-state index in [1.54, 1.807) is 0 Å². The molecule has 0 saturated heterocycles. The maximum Gasteiger partial charge on any atom is 0.492 e. The minimum atomic E-state index is -4.95. The standard InChI is InChI=1S/C5H9F3N2O2/c1-9(2)10(3)12-4(11)5(6,7)8/h1-3H3. The van der Waals surface area contributed by atoms with Crippen LogP contribution in [0.15, 0.2) is 0 Å². The molecular formula is C5H9F3N2O2. The number of hydroxylamine groups is 1. The van der Waals surface area contributed by atoms with Gasteiger partial charge >= 0.3 is 12.1 Å². The Balaban J connectivity index is 4.02. The largest absolute Gasteiger partial charge is 0.492 e. The van der Waals surface area contributed by atoms with Crippen LogP contribution in [0.25, 0.3) is 0 Å². The summed E-state index contributed by atoms with van der Waals surface area (Å²) in [5.74, 6) is -2.24. The van der Waals surface area contributed by atoms with Gasteiger partial charge in [0.05, 0.1) is 0 Å². The summed E-state index contributed by atoms with van der Waals surface area (Å²) >= 11 is 0. The molecule has 7 heteroatoms. The fraction of sp³-hybridized carbons (Fsp3) is 0.800. The summed E-state index contributed by atoms with van der Waals surface area (Å²) in [6.45, 7) is 0.